The molecule has 0 atom stereocenters. The van der Waals surface area contributed by atoms with E-state index in [2.05, 4.69) is 289 Å². The number of benzene rings is 9. The molecule has 0 amide bonds. The van der Waals surface area contributed by atoms with Crippen LogP contribution in [-0.4, -0.2) is 19.9 Å². The maximum atomic E-state index is 5.01. The van der Waals surface area contributed by atoms with Crippen LogP contribution in [-0.2, 0) is 0 Å². The molecule has 9 aromatic carbocycles. The Morgan fingerprint density at radius 3 is 1.26 bits per heavy atom. The average molecular weight is 1050 g/mol. The van der Waals surface area contributed by atoms with Crippen molar-refractivity contribution >= 4 is 107 Å². The minimum absolute atomic E-state index is 0.00140. The monoisotopic (exact) mass is 1040 g/mol. The molecule has 1 aromatic heterocycles. The third kappa shape index (κ3) is 9.53. The summed E-state index contributed by atoms with van der Waals surface area (Å²) in [4.78, 5) is 12.2. The summed E-state index contributed by atoms with van der Waals surface area (Å²) in [6.07, 6.45) is 1.88. The SMILES string of the molecule is Brc1cc(Br)cc([Se]c2cccc(N(c3cc(N(c4ccccc4)c4ccccc4)cc(N(c4ccccc4)c4ccccc4)c3)c3c(-c4ccccc4)cccc3-c3ccccn3)c2)c1. The summed E-state index contributed by atoms with van der Waals surface area (Å²) in [5.41, 5.74) is 13.3. The van der Waals surface area contributed by atoms with Crippen molar-refractivity contribution in [1.82, 2.24) is 4.98 Å². The Bertz CT molecular complexity index is 2940. The zero-order valence-electron chi connectivity index (χ0n) is 35.7. The molecular weight excluding hydrogens is 1000 g/mol. The Hall–Kier alpha value is -6.99. The second kappa shape index (κ2) is 20.0. The van der Waals surface area contributed by atoms with Gasteiger partial charge in [-0.2, -0.15) is 0 Å². The second-order valence-corrected chi connectivity index (χ2v) is 19.8. The fourth-order valence-electron chi connectivity index (χ4n) is 8.35. The van der Waals surface area contributed by atoms with Crippen LogP contribution in [0.2, 0.25) is 0 Å². The molecule has 0 N–H and O–H groups in total. The van der Waals surface area contributed by atoms with E-state index in [1.165, 1.54) is 8.92 Å². The van der Waals surface area contributed by atoms with E-state index >= 15 is 0 Å². The van der Waals surface area contributed by atoms with Gasteiger partial charge >= 0.3 is 413 Å². The minimum atomic E-state index is -0.00140. The topological polar surface area (TPSA) is 22.6 Å². The average Bonchev–Trinajstić information content (AvgIpc) is 3.36. The van der Waals surface area contributed by atoms with Gasteiger partial charge in [-0.3, -0.25) is 0 Å². The molecule has 0 saturated carbocycles. The molecule has 0 bridgehead atoms. The summed E-state index contributed by atoms with van der Waals surface area (Å²) < 4.78 is 4.61. The van der Waals surface area contributed by atoms with Crippen molar-refractivity contribution in [3.63, 3.8) is 0 Å². The molecule has 1 heterocycles. The number of rotatable bonds is 13. The molecule has 66 heavy (non-hydrogen) atoms. The van der Waals surface area contributed by atoms with Gasteiger partial charge in [-0.15, -0.1) is 0 Å². The first-order valence-electron chi connectivity index (χ1n) is 21.7. The number of hydrogen-bond donors (Lipinski definition) is 0. The van der Waals surface area contributed by atoms with Crippen molar-refractivity contribution < 1.29 is 0 Å². The van der Waals surface area contributed by atoms with Crippen LogP contribution in [0.15, 0.2) is 264 Å². The van der Waals surface area contributed by atoms with Gasteiger partial charge in [-0.25, -0.2) is 0 Å². The first kappa shape index (κ1) is 42.9. The van der Waals surface area contributed by atoms with Crippen LogP contribution in [0.1, 0.15) is 0 Å². The van der Waals surface area contributed by atoms with Crippen molar-refractivity contribution in [3.8, 4) is 22.4 Å². The number of nitrogens with zero attached hydrogens (tertiary/aromatic N) is 4. The van der Waals surface area contributed by atoms with Crippen molar-refractivity contribution in [2.45, 2.75) is 0 Å². The number of pyridine rings is 1. The van der Waals surface area contributed by atoms with Gasteiger partial charge in [0.25, 0.3) is 0 Å². The van der Waals surface area contributed by atoms with Crippen molar-refractivity contribution in [3.05, 3.63) is 264 Å². The number of hydrogen-bond acceptors (Lipinski definition) is 4. The summed E-state index contributed by atoms with van der Waals surface area (Å²) in [6.45, 7) is 0. The number of para-hydroxylation sites is 5. The molecule has 0 spiro atoms. The molecule has 0 radical (unpaired) electrons. The van der Waals surface area contributed by atoms with Gasteiger partial charge in [0.2, 0.25) is 0 Å². The number of anilines is 9. The molecule has 10 rings (SSSR count). The molecule has 10 aromatic rings. The van der Waals surface area contributed by atoms with Crippen LogP contribution in [0.3, 0.4) is 0 Å². The number of aromatic nitrogens is 1. The molecule has 0 aliphatic carbocycles. The Kier molecular flexibility index (Phi) is 13.0. The van der Waals surface area contributed by atoms with Gasteiger partial charge in [-0.1, -0.05) is 0 Å². The second-order valence-electron chi connectivity index (χ2n) is 15.5. The molecule has 0 fully saturated rings. The molecule has 7 heteroatoms. The zero-order valence-corrected chi connectivity index (χ0v) is 40.6. The predicted molar refractivity (Wildman–Crippen MR) is 286 cm³/mol. The summed E-state index contributed by atoms with van der Waals surface area (Å²) in [7, 11) is 0. The summed E-state index contributed by atoms with van der Waals surface area (Å²) in [5.74, 6) is 0. The van der Waals surface area contributed by atoms with E-state index < -0.39 is 0 Å². The van der Waals surface area contributed by atoms with E-state index in [0.717, 1.165) is 82.5 Å². The first-order valence-corrected chi connectivity index (χ1v) is 25.0. The van der Waals surface area contributed by atoms with Gasteiger partial charge in [0, 0.05) is 0 Å². The third-order valence-corrected chi connectivity index (χ3v) is 14.1. The Balaban J connectivity index is 1.31. The van der Waals surface area contributed by atoms with Crippen LogP contribution in [0.25, 0.3) is 22.4 Å². The molecule has 0 saturated heterocycles. The van der Waals surface area contributed by atoms with E-state index in [0.29, 0.717) is 0 Å². The molecule has 0 aliphatic rings. The van der Waals surface area contributed by atoms with Crippen LogP contribution in [0.4, 0.5) is 51.2 Å². The van der Waals surface area contributed by atoms with Crippen LogP contribution < -0.4 is 23.6 Å². The maximum absolute atomic E-state index is 5.01. The molecule has 4 nitrogen and oxygen atoms in total. The van der Waals surface area contributed by atoms with E-state index in [-0.39, 0.29) is 15.0 Å². The summed E-state index contributed by atoms with van der Waals surface area (Å²) >= 11 is 7.49. The Morgan fingerprint density at radius 2 is 0.758 bits per heavy atom. The predicted octanol–water partition coefficient (Wildman–Crippen LogP) is 16.0. The van der Waals surface area contributed by atoms with Gasteiger partial charge in [0.15, 0.2) is 0 Å². The molecule has 0 unspecified atom stereocenters. The van der Waals surface area contributed by atoms with Crippen molar-refractivity contribution in [2.24, 2.45) is 0 Å². The van der Waals surface area contributed by atoms with E-state index in [4.69, 9.17) is 4.98 Å². The van der Waals surface area contributed by atoms with Crippen molar-refractivity contribution in [1.29, 1.82) is 0 Å². The standard InChI is InChI=1S/C59H42Br2N4Se/c60-44-36-45(61)38-55(37-44)66-54-31-18-30-50(42-54)65(59-56(43-20-6-1-7-21-43)32-19-33-57(59)58-34-16-17-35-62-58)53-40-51(63(46-22-8-2-9-23-46)47-24-10-3-11-25-47)39-52(41-53)64(48-26-12-4-13-27-48)49-28-14-5-15-29-49/h1-42H. The van der Waals surface area contributed by atoms with Crippen LogP contribution >= 0.6 is 31.9 Å². The van der Waals surface area contributed by atoms with Gasteiger partial charge in [-0.05, 0) is 0 Å². The van der Waals surface area contributed by atoms with Crippen molar-refractivity contribution in [2.75, 3.05) is 14.7 Å². The molecule has 0 aliphatic heterocycles. The third-order valence-electron chi connectivity index (χ3n) is 11.2. The van der Waals surface area contributed by atoms with Gasteiger partial charge < -0.3 is 0 Å². The normalized spacial score (nSPS) is 10.9. The fourth-order valence-corrected chi connectivity index (χ4v) is 12.4. The zero-order chi connectivity index (χ0) is 44.7. The van der Waals surface area contributed by atoms with Crippen LogP contribution in [0, 0.1) is 0 Å². The van der Waals surface area contributed by atoms with E-state index in [1.807, 2.05) is 12.3 Å². The van der Waals surface area contributed by atoms with Gasteiger partial charge in [0.1, 0.15) is 0 Å². The number of halogens is 2. The van der Waals surface area contributed by atoms with Gasteiger partial charge in [0.05, 0.1) is 0 Å². The fraction of sp³-hybridized carbons (Fsp3) is 0. The molecular formula is C59H42Br2N4Se. The molecule has 318 valence electrons. The van der Waals surface area contributed by atoms with E-state index in [9.17, 15) is 0 Å². The Morgan fingerprint density at radius 1 is 0.318 bits per heavy atom. The Labute approximate surface area is 409 Å². The first-order chi connectivity index (χ1) is 32.6. The quantitative estimate of drug-likeness (QED) is 0.107. The van der Waals surface area contributed by atoms with Crippen LogP contribution in [0.5, 0.6) is 0 Å². The summed E-state index contributed by atoms with van der Waals surface area (Å²) in [5, 5.41) is 0. The summed E-state index contributed by atoms with van der Waals surface area (Å²) in [6, 6.07) is 88.6. The van der Waals surface area contributed by atoms with E-state index in [1.54, 1.807) is 0 Å².